The number of nitrogens with zero attached hydrogens (tertiary/aromatic N) is 3. The predicted octanol–water partition coefficient (Wildman–Crippen LogP) is 0.677. The fraction of sp³-hybridized carbons (Fsp3) is 0.667. The SMILES string of the molecule is NCc1ccnnc1N(CCCO)C1CCC1. The summed E-state index contributed by atoms with van der Waals surface area (Å²) in [4.78, 5) is 2.26. The molecule has 0 atom stereocenters. The van der Waals surface area contributed by atoms with Crippen LogP contribution in [0.4, 0.5) is 5.82 Å². The van der Waals surface area contributed by atoms with Crippen molar-refractivity contribution >= 4 is 5.82 Å². The number of nitrogens with two attached hydrogens (primary N) is 1. The van der Waals surface area contributed by atoms with Gasteiger partial charge in [0.15, 0.2) is 5.82 Å². The summed E-state index contributed by atoms with van der Waals surface area (Å²) in [6.45, 7) is 1.52. The topological polar surface area (TPSA) is 75.3 Å². The first-order chi connectivity index (χ1) is 8.36. The maximum absolute atomic E-state index is 8.97. The van der Waals surface area contributed by atoms with E-state index < -0.39 is 0 Å². The Labute approximate surface area is 102 Å². The van der Waals surface area contributed by atoms with Crippen LogP contribution in [0.1, 0.15) is 31.2 Å². The van der Waals surface area contributed by atoms with E-state index in [2.05, 4.69) is 15.1 Å². The largest absolute Gasteiger partial charge is 0.396 e. The maximum Gasteiger partial charge on any atom is 0.156 e. The zero-order chi connectivity index (χ0) is 12.1. The van der Waals surface area contributed by atoms with Gasteiger partial charge in [0.2, 0.25) is 0 Å². The van der Waals surface area contributed by atoms with Gasteiger partial charge in [-0.1, -0.05) is 0 Å². The molecule has 0 aliphatic heterocycles. The Balaban J connectivity index is 2.17. The Kier molecular flexibility index (Phi) is 4.28. The summed E-state index contributed by atoms with van der Waals surface area (Å²) in [7, 11) is 0. The standard InChI is InChI=1S/C12H20N4O/c13-9-10-5-6-14-15-12(10)16(7-2-8-17)11-3-1-4-11/h5-6,11,17H,1-4,7-9,13H2. The van der Waals surface area contributed by atoms with Crippen LogP contribution in [-0.2, 0) is 6.54 Å². The van der Waals surface area contributed by atoms with Crippen LogP contribution in [0.2, 0.25) is 0 Å². The molecule has 1 aliphatic carbocycles. The van der Waals surface area contributed by atoms with Crippen molar-refractivity contribution in [3.63, 3.8) is 0 Å². The highest BCUT2D eigenvalue weighted by molar-refractivity contribution is 5.47. The third-order valence-electron chi connectivity index (χ3n) is 3.35. The molecule has 1 fully saturated rings. The van der Waals surface area contributed by atoms with Crippen LogP contribution in [0.5, 0.6) is 0 Å². The van der Waals surface area contributed by atoms with Crippen LogP contribution < -0.4 is 10.6 Å². The Hall–Kier alpha value is -1.20. The summed E-state index contributed by atoms with van der Waals surface area (Å²) in [6.07, 6.45) is 6.12. The minimum absolute atomic E-state index is 0.210. The molecular weight excluding hydrogens is 216 g/mol. The molecule has 0 amide bonds. The molecule has 1 aliphatic rings. The number of hydrogen-bond donors (Lipinski definition) is 2. The Morgan fingerprint density at radius 1 is 1.47 bits per heavy atom. The van der Waals surface area contributed by atoms with Gasteiger partial charge in [0.25, 0.3) is 0 Å². The Morgan fingerprint density at radius 2 is 2.29 bits per heavy atom. The zero-order valence-corrected chi connectivity index (χ0v) is 10.0. The van der Waals surface area contributed by atoms with Crippen LogP contribution in [0, 0.1) is 0 Å². The Bertz CT molecular complexity index is 354. The number of anilines is 1. The van der Waals surface area contributed by atoms with Gasteiger partial charge >= 0.3 is 0 Å². The number of rotatable bonds is 6. The van der Waals surface area contributed by atoms with Crippen molar-refractivity contribution < 1.29 is 5.11 Å². The highest BCUT2D eigenvalue weighted by Crippen LogP contribution is 2.29. The number of aliphatic hydroxyl groups is 1. The van der Waals surface area contributed by atoms with Crippen molar-refractivity contribution in [1.29, 1.82) is 0 Å². The van der Waals surface area contributed by atoms with Gasteiger partial charge in [-0.15, -0.1) is 5.10 Å². The molecule has 0 spiro atoms. The normalized spacial score (nSPS) is 15.6. The van der Waals surface area contributed by atoms with Crippen LogP contribution in [0.25, 0.3) is 0 Å². The molecule has 94 valence electrons. The molecule has 0 radical (unpaired) electrons. The first kappa shape index (κ1) is 12.3. The molecular formula is C12H20N4O. The van der Waals surface area contributed by atoms with E-state index in [-0.39, 0.29) is 6.61 Å². The molecule has 0 aromatic carbocycles. The molecule has 0 unspecified atom stereocenters. The first-order valence-electron chi connectivity index (χ1n) is 6.25. The molecule has 1 aromatic rings. The van der Waals surface area contributed by atoms with E-state index in [0.717, 1.165) is 24.3 Å². The second kappa shape index (κ2) is 5.93. The minimum atomic E-state index is 0.210. The molecule has 1 aromatic heterocycles. The van der Waals surface area contributed by atoms with Gasteiger partial charge in [-0.25, -0.2) is 0 Å². The van der Waals surface area contributed by atoms with Gasteiger partial charge in [0, 0.05) is 31.3 Å². The smallest absolute Gasteiger partial charge is 0.156 e. The van der Waals surface area contributed by atoms with Crippen molar-refractivity contribution in [2.24, 2.45) is 5.73 Å². The second-order valence-corrected chi connectivity index (χ2v) is 4.44. The lowest BCUT2D eigenvalue weighted by Gasteiger charge is -2.38. The van der Waals surface area contributed by atoms with E-state index in [9.17, 15) is 0 Å². The van der Waals surface area contributed by atoms with E-state index in [1.807, 2.05) is 6.07 Å². The first-order valence-corrected chi connectivity index (χ1v) is 6.25. The molecule has 5 nitrogen and oxygen atoms in total. The van der Waals surface area contributed by atoms with Gasteiger partial charge in [0.05, 0.1) is 6.20 Å². The highest BCUT2D eigenvalue weighted by atomic mass is 16.3. The van der Waals surface area contributed by atoms with Gasteiger partial charge in [-0.2, -0.15) is 5.10 Å². The van der Waals surface area contributed by atoms with Crippen LogP contribution >= 0.6 is 0 Å². The number of hydrogen-bond acceptors (Lipinski definition) is 5. The molecule has 5 heteroatoms. The van der Waals surface area contributed by atoms with Gasteiger partial charge in [-0.05, 0) is 31.7 Å². The van der Waals surface area contributed by atoms with E-state index in [0.29, 0.717) is 12.6 Å². The van der Waals surface area contributed by atoms with E-state index in [1.165, 1.54) is 19.3 Å². The van der Waals surface area contributed by atoms with Crippen molar-refractivity contribution in [3.8, 4) is 0 Å². The molecule has 1 heterocycles. The van der Waals surface area contributed by atoms with Crippen LogP contribution in [0.3, 0.4) is 0 Å². The lowest BCUT2D eigenvalue weighted by molar-refractivity contribution is 0.282. The van der Waals surface area contributed by atoms with Crippen molar-refractivity contribution in [1.82, 2.24) is 10.2 Å². The molecule has 1 saturated carbocycles. The van der Waals surface area contributed by atoms with Crippen molar-refractivity contribution in [2.75, 3.05) is 18.1 Å². The third-order valence-corrected chi connectivity index (χ3v) is 3.35. The monoisotopic (exact) mass is 236 g/mol. The van der Waals surface area contributed by atoms with Gasteiger partial charge < -0.3 is 15.7 Å². The van der Waals surface area contributed by atoms with Gasteiger partial charge in [0.1, 0.15) is 0 Å². The van der Waals surface area contributed by atoms with Gasteiger partial charge in [-0.3, -0.25) is 0 Å². The summed E-state index contributed by atoms with van der Waals surface area (Å²) >= 11 is 0. The lowest BCUT2D eigenvalue weighted by Crippen LogP contribution is -2.42. The number of aromatic nitrogens is 2. The molecule has 3 N–H and O–H groups in total. The molecule has 0 saturated heterocycles. The van der Waals surface area contributed by atoms with E-state index in [4.69, 9.17) is 10.8 Å². The lowest BCUT2D eigenvalue weighted by atomic mass is 9.91. The van der Waals surface area contributed by atoms with E-state index in [1.54, 1.807) is 6.20 Å². The summed E-state index contributed by atoms with van der Waals surface area (Å²) < 4.78 is 0. The number of aliphatic hydroxyl groups excluding tert-OH is 1. The van der Waals surface area contributed by atoms with Crippen LogP contribution in [0.15, 0.2) is 12.3 Å². The van der Waals surface area contributed by atoms with Crippen LogP contribution in [-0.4, -0.2) is 34.5 Å². The average molecular weight is 236 g/mol. The summed E-state index contributed by atoms with van der Waals surface area (Å²) in [6, 6.07) is 2.47. The summed E-state index contributed by atoms with van der Waals surface area (Å²) in [5, 5.41) is 17.1. The quantitative estimate of drug-likeness (QED) is 0.759. The average Bonchev–Trinajstić information content (AvgIpc) is 2.32. The Morgan fingerprint density at radius 3 is 2.88 bits per heavy atom. The summed E-state index contributed by atoms with van der Waals surface area (Å²) in [5.41, 5.74) is 6.77. The maximum atomic E-state index is 8.97. The molecule has 2 rings (SSSR count). The minimum Gasteiger partial charge on any atom is -0.396 e. The second-order valence-electron chi connectivity index (χ2n) is 4.44. The third kappa shape index (κ3) is 2.73. The highest BCUT2D eigenvalue weighted by Gasteiger charge is 2.27. The summed E-state index contributed by atoms with van der Waals surface area (Å²) in [5.74, 6) is 0.896. The predicted molar refractivity (Wildman–Crippen MR) is 66.6 cm³/mol. The molecule has 17 heavy (non-hydrogen) atoms. The fourth-order valence-corrected chi connectivity index (χ4v) is 2.15. The van der Waals surface area contributed by atoms with Crippen molar-refractivity contribution in [2.45, 2.75) is 38.3 Å². The fourth-order valence-electron chi connectivity index (χ4n) is 2.15. The van der Waals surface area contributed by atoms with Crippen molar-refractivity contribution in [3.05, 3.63) is 17.8 Å². The van der Waals surface area contributed by atoms with E-state index >= 15 is 0 Å². The molecule has 0 bridgehead atoms. The zero-order valence-electron chi connectivity index (χ0n) is 10.0.